The quantitative estimate of drug-likeness (QED) is 0.460. The van der Waals surface area contributed by atoms with E-state index in [1.807, 2.05) is 19.9 Å². The predicted molar refractivity (Wildman–Crippen MR) is 70.8 cm³/mol. The number of aliphatic imine (C=N–C) groups is 1. The number of halogens is 1. The third kappa shape index (κ3) is 7.38. The zero-order valence-electron chi connectivity index (χ0n) is 10.3. The Morgan fingerprint density at radius 1 is 1.40 bits per heavy atom. The molecule has 0 aliphatic carbocycles. The molecule has 0 aromatic rings. The lowest BCUT2D eigenvalue weighted by molar-refractivity contribution is 0.779. The fraction of sp³-hybridized carbons (Fsp3) is 0.615. The lowest BCUT2D eigenvalue weighted by Gasteiger charge is -2.11. The highest BCUT2D eigenvalue weighted by molar-refractivity contribution is 6.29. The van der Waals surface area contributed by atoms with E-state index >= 15 is 0 Å². The van der Waals surface area contributed by atoms with Gasteiger partial charge in [-0.25, -0.2) is 0 Å². The van der Waals surface area contributed by atoms with Gasteiger partial charge in [0, 0.05) is 10.7 Å². The van der Waals surface area contributed by atoms with Gasteiger partial charge in [0.25, 0.3) is 0 Å². The monoisotopic (exact) mass is 227 g/mol. The smallest absolute Gasteiger partial charge is 0.0737 e. The van der Waals surface area contributed by atoms with Crippen LogP contribution in [0.3, 0.4) is 0 Å². The third-order valence-corrected chi connectivity index (χ3v) is 2.33. The van der Waals surface area contributed by atoms with Gasteiger partial charge in [0.1, 0.15) is 0 Å². The first-order valence-corrected chi connectivity index (χ1v) is 5.86. The molecule has 15 heavy (non-hydrogen) atoms. The highest BCUT2D eigenvalue weighted by Gasteiger charge is 2.06. The van der Waals surface area contributed by atoms with Crippen LogP contribution in [-0.4, -0.2) is 11.8 Å². The van der Waals surface area contributed by atoms with Gasteiger partial charge in [-0.05, 0) is 33.6 Å². The van der Waals surface area contributed by atoms with Crippen LogP contribution in [0.2, 0.25) is 0 Å². The van der Waals surface area contributed by atoms with Crippen LogP contribution in [0.5, 0.6) is 0 Å². The summed E-state index contributed by atoms with van der Waals surface area (Å²) in [7, 11) is 0. The summed E-state index contributed by atoms with van der Waals surface area (Å²) in [6.07, 6.45) is 5.06. The van der Waals surface area contributed by atoms with E-state index in [0.29, 0.717) is 0 Å². The molecule has 86 valence electrons. The van der Waals surface area contributed by atoms with E-state index in [-0.39, 0.29) is 6.04 Å². The van der Waals surface area contributed by atoms with E-state index in [2.05, 4.69) is 25.4 Å². The minimum absolute atomic E-state index is 0.185. The first-order chi connectivity index (χ1) is 6.97. The summed E-state index contributed by atoms with van der Waals surface area (Å²) in [4.78, 5) is 4.65. The minimum Gasteiger partial charge on any atom is -0.286 e. The Hall–Kier alpha value is -0.560. The van der Waals surface area contributed by atoms with Crippen molar-refractivity contribution in [3.05, 3.63) is 23.3 Å². The first kappa shape index (κ1) is 14.4. The number of rotatable bonds is 6. The molecule has 0 saturated heterocycles. The molecule has 0 N–H and O–H groups in total. The van der Waals surface area contributed by atoms with Crippen molar-refractivity contribution in [3.8, 4) is 0 Å². The molecule has 0 heterocycles. The fourth-order valence-electron chi connectivity index (χ4n) is 1.33. The lowest BCUT2D eigenvalue weighted by Crippen LogP contribution is -2.07. The van der Waals surface area contributed by atoms with Crippen molar-refractivity contribution < 1.29 is 0 Å². The minimum atomic E-state index is 0.185. The van der Waals surface area contributed by atoms with E-state index in [4.69, 9.17) is 11.6 Å². The molecule has 0 radical (unpaired) electrons. The molecule has 1 nitrogen and oxygen atoms in total. The summed E-state index contributed by atoms with van der Waals surface area (Å²) < 4.78 is 0. The molecule has 0 rings (SSSR count). The third-order valence-electron chi connectivity index (χ3n) is 2.18. The van der Waals surface area contributed by atoms with Crippen LogP contribution in [0.25, 0.3) is 0 Å². The maximum absolute atomic E-state index is 5.81. The van der Waals surface area contributed by atoms with Crippen molar-refractivity contribution in [2.75, 3.05) is 0 Å². The number of allylic oxidation sites excluding steroid dienone is 1. The summed E-state index contributed by atoms with van der Waals surface area (Å²) >= 11 is 5.81. The second-order valence-corrected chi connectivity index (χ2v) is 4.60. The molecule has 0 spiro atoms. The molecule has 1 atom stereocenters. The first-order valence-electron chi connectivity index (χ1n) is 5.48. The molecule has 0 unspecified atom stereocenters. The Balaban J connectivity index is 4.47. The average Bonchev–Trinajstić information content (AvgIpc) is 2.11. The largest absolute Gasteiger partial charge is 0.286 e. The summed E-state index contributed by atoms with van der Waals surface area (Å²) in [5, 5.41) is 0.824. The van der Waals surface area contributed by atoms with Gasteiger partial charge in [0.15, 0.2) is 0 Å². The normalized spacial score (nSPS) is 15.3. The number of hydrogen-bond acceptors (Lipinski definition) is 1. The topological polar surface area (TPSA) is 12.4 Å². The maximum atomic E-state index is 5.81. The van der Waals surface area contributed by atoms with Gasteiger partial charge in [-0.3, -0.25) is 4.99 Å². The Labute approximate surface area is 98.9 Å². The molecular formula is C13H22ClN. The molecule has 2 heteroatoms. The van der Waals surface area contributed by atoms with Gasteiger partial charge in [0.2, 0.25) is 0 Å². The molecule has 0 aliphatic rings. The molecule has 0 aromatic carbocycles. The van der Waals surface area contributed by atoms with Crippen LogP contribution in [0.15, 0.2) is 28.3 Å². The Bertz CT molecular complexity index is 260. The van der Waals surface area contributed by atoms with Crippen molar-refractivity contribution in [2.45, 2.75) is 53.0 Å². The van der Waals surface area contributed by atoms with Crippen molar-refractivity contribution >= 4 is 17.3 Å². The van der Waals surface area contributed by atoms with Gasteiger partial charge in [-0.2, -0.15) is 0 Å². The molecule has 0 aliphatic heterocycles. The lowest BCUT2D eigenvalue weighted by atomic mass is 10.1. The molecule has 0 saturated carbocycles. The van der Waals surface area contributed by atoms with E-state index in [9.17, 15) is 0 Å². The Kier molecular flexibility index (Phi) is 7.41. The van der Waals surface area contributed by atoms with Crippen molar-refractivity contribution in [1.29, 1.82) is 0 Å². The van der Waals surface area contributed by atoms with Crippen LogP contribution in [-0.2, 0) is 0 Å². The van der Waals surface area contributed by atoms with E-state index < -0.39 is 0 Å². The predicted octanol–water partition coefficient (Wildman–Crippen LogP) is 4.72. The summed E-state index contributed by atoms with van der Waals surface area (Å²) in [5.41, 5.74) is 2.30. The van der Waals surface area contributed by atoms with Gasteiger partial charge in [0.05, 0.1) is 6.04 Å². The second kappa shape index (κ2) is 7.70. The van der Waals surface area contributed by atoms with Gasteiger partial charge in [-0.1, -0.05) is 43.2 Å². The van der Waals surface area contributed by atoms with Crippen LogP contribution < -0.4 is 0 Å². The van der Waals surface area contributed by atoms with E-state index in [1.165, 1.54) is 5.71 Å². The van der Waals surface area contributed by atoms with Crippen LogP contribution in [0.1, 0.15) is 47.0 Å². The standard InChI is InChI=1S/C13H22ClN/c1-6-7-12(5)15-13(10(2)3)9-8-11(4)14/h8,13H,2,6-7,9H2,1,3-5H3/b11-8+,15-12?/t13-/m1/s1. The Morgan fingerprint density at radius 3 is 2.40 bits per heavy atom. The van der Waals surface area contributed by atoms with Crippen molar-refractivity contribution in [2.24, 2.45) is 4.99 Å². The van der Waals surface area contributed by atoms with Crippen molar-refractivity contribution in [1.82, 2.24) is 0 Å². The Morgan fingerprint density at radius 2 is 2.00 bits per heavy atom. The number of nitrogens with zero attached hydrogens (tertiary/aromatic N) is 1. The average molecular weight is 228 g/mol. The summed E-state index contributed by atoms with van der Waals surface area (Å²) in [5.74, 6) is 0. The van der Waals surface area contributed by atoms with E-state index in [1.54, 1.807) is 0 Å². The SMILES string of the molecule is C=C(C)[C@@H](C/C=C(\C)Cl)N=C(C)CCC. The second-order valence-electron chi connectivity index (χ2n) is 4.00. The summed E-state index contributed by atoms with van der Waals surface area (Å²) in [6, 6.07) is 0.185. The molecule has 0 fully saturated rings. The number of hydrogen-bond donors (Lipinski definition) is 0. The molecular weight excluding hydrogens is 206 g/mol. The van der Waals surface area contributed by atoms with E-state index in [0.717, 1.165) is 29.9 Å². The molecule has 0 aromatic heterocycles. The van der Waals surface area contributed by atoms with Crippen LogP contribution >= 0.6 is 11.6 Å². The van der Waals surface area contributed by atoms with Crippen LogP contribution in [0, 0.1) is 0 Å². The van der Waals surface area contributed by atoms with Gasteiger partial charge in [-0.15, -0.1) is 0 Å². The zero-order valence-corrected chi connectivity index (χ0v) is 11.1. The summed E-state index contributed by atoms with van der Waals surface area (Å²) in [6.45, 7) is 12.1. The highest BCUT2D eigenvalue weighted by Crippen LogP contribution is 2.13. The zero-order chi connectivity index (χ0) is 11.8. The molecule has 0 bridgehead atoms. The van der Waals surface area contributed by atoms with Gasteiger partial charge >= 0.3 is 0 Å². The highest BCUT2D eigenvalue weighted by atomic mass is 35.5. The fourth-order valence-corrected chi connectivity index (χ4v) is 1.42. The van der Waals surface area contributed by atoms with Crippen LogP contribution in [0.4, 0.5) is 0 Å². The maximum Gasteiger partial charge on any atom is 0.0737 e. The molecule has 0 amide bonds. The van der Waals surface area contributed by atoms with Crippen molar-refractivity contribution in [3.63, 3.8) is 0 Å². The van der Waals surface area contributed by atoms with Gasteiger partial charge < -0.3 is 0 Å².